The Balaban J connectivity index is 1.75. The molecule has 0 saturated heterocycles. The normalized spacial score (nSPS) is 18.6. The predicted molar refractivity (Wildman–Crippen MR) is 132 cm³/mol. The number of nitrogens with zero attached hydrogens (tertiary/aromatic N) is 2. The number of hydrogen-bond acceptors (Lipinski definition) is 5. The van der Waals surface area contributed by atoms with E-state index in [0.717, 1.165) is 0 Å². The molecule has 3 rings (SSSR count). The molecule has 1 saturated carbocycles. The smallest absolute Gasteiger partial charge is 0.389 e. The summed E-state index contributed by atoms with van der Waals surface area (Å²) in [5.41, 5.74) is 1.54. The van der Waals surface area contributed by atoms with Crippen LogP contribution in [0, 0.1) is 12.8 Å². The molecule has 1 N–H and O–H groups in total. The van der Waals surface area contributed by atoms with Gasteiger partial charge in [0, 0.05) is 37.4 Å². The number of benzene rings is 1. The van der Waals surface area contributed by atoms with Gasteiger partial charge in [0.1, 0.15) is 15.6 Å². The van der Waals surface area contributed by atoms with E-state index in [1.807, 2.05) is 0 Å². The quantitative estimate of drug-likeness (QED) is 0.400. The van der Waals surface area contributed by atoms with Gasteiger partial charge in [-0.15, -0.1) is 0 Å². The Bertz CT molecular complexity index is 1240. The van der Waals surface area contributed by atoms with Gasteiger partial charge in [-0.1, -0.05) is 6.07 Å². The molecule has 0 spiro atoms. The predicted octanol–water partition coefficient (Wildman–Crippen LogP) is 5.22. The second-order valence-corrected chi connectivity index (χ2v) is 12.1. The molecular weight excluding hydrogens is 533 g/mol. The van der Waals surface area contributed by atoms with Crippen molar-refractivity contribution in [3.05, 3.63) is 35.0 Å². The Morgan fingerprint density at radius 2 is 1.87 bits per heavy atom. The first-order chi connectivity index (χ1) is 17.7. The molecule has 13 heteroatoms. The first-order valence-electron chi connectivity index (χ1n) is 12.3. The molecule has 1 amide bonds. The van der Waals surface area contributed by atoms with Gasteiger partial charge in [-0.3, -0.25) is 9.48 Å². The summed E-state index contributed by atoms with van der Waals surface area (Å²) in [5, 5.41) is 6.76. The highest BCUT2D eigenvalue weighted by Crippen LogP contribution is 2.36. The van der Waals surface area contributed by atoms with Crippen LogP contribution in [0.2, 0.25) is 0 Å². The van der Waals surface area contributed by atoms with E-state index < -0.39 is 35.0 Å². The van der Waals surface area contributed by atoms with Gasteiger partial charge >= 0.3 is 12.8 Å². The molecule has 0 radical (unpaired) electrons. The van der Waals surface area contributed by atoms with Crippen molar-refractivity contribution in [1.29, 1.82) is 0 Å². The second kappa shape index (κ2) is 12.0. The van der Waals surface area contributed by atoms with Gasteiger partial charge in [-0.05, 0) is 69.1 Å². The summed E-state index contributed by atoms with van der Waals surface area (Å²) in [6, 6.07) is 4.31. The lowest BCUT2D eigenvalue weighted by molar-refractivity contribution is -0.135. The van der Waals surface area contributed by atoms with Gasteiger partial charge in [0.25, 0.3) is 5.91 Å². The minimum absolute atomic E-state index is 0.0313. The molecule has 0 aliphatic heterocycles. The zero-order chi connectivity index (χ0) is 28.3. The number of ether oxygens (including phenoxy) is 1. The van der Waals surface area contributed by atoms with Crippen molar-refractivity contribution in [2.24, 2.45) is 13.0 Å². The van der Waals surface area contributed by atoms with Crippen LogP contribution in [-0.4, -0.2) is 54.9 Å². The van der Waals surface area contributed by atoms with E-state index >= 15 is 0 Å². The Hall–Kier alpha value is -2.70. The van der Waals surface area contributed by atoms with E-state index in [1.165, 1.54) is 23.1 Å². The molecule has 0 bridgehead atoms. The van der Waals surface area contributed by atoms with E-state index in [0.29, 0.717) is 49.0 Å². The SMILES string of the molecule is Cc1c(C(=O)NCC2CCC(S(C)(=O)=O)CC2)nn(C)c1-c1ccc(CCCC(F)(F)F)cc1OC(F)F. The number of carbonyl (C=O) groups excluding carboxylic acids is 1. The number of sulfone groups is 1. The van der Waals surface area contributed by atoms with Gasteiger partial charge in [-0.25, -0.2) is 8.42 Å². The van der Waals surface area contributed by atoms with Gasteiger partial charge in [0.2, 0.25) is 0 Å². The van der Waals surface area contributed by atoms with E-state index in [9.17, 15) is 35.2 Å². The van der Waals surface area contributed by atoms with Crippen LogP contribution in [0.15, 0.2) is 18.2 Å². The lowest BCUT2D eigenvalue weighted by Crippen LogP contribution is -2.34. The van der Waals surface area contributed by atoms with Crippen LogP contribution < -0.4 is 10.1 Å². The van der Waals surface area contributed by atoms with Crippen LogP contribution >= 0.6 is 0 Å². The molecule has 0 atom stereocenters. The molecule has 1 aliphatic carbocycles. The largest absolute Gasteiger partial charge is 0.434 e. The third-order valence-corrected chi connectivity index (χ3v) is 8.57. The van der Waals surface area contributed by atoms with Crippen molar-refractivity contribution < 1.29 is 39.9 Å². The van der Waals surface area contributed by atoms with Crippen LogP contribution in [0.25, 0.3) is 11.3 Å². The van der Waals surface area contributed by atoms with E-state index in [-0.39, 0.29) is 41.0 Å². The van der Waals surface area contributed by atoms with Crippen molar-refractivity contribution in [1.82, 2.24) is 15.1 Å². The maximum absolute atomic E-state index is 13.2. The molecule has 2 aromatic rings. The number of aromatic nitrogens is 2. The Morgan fingerprint density at radius 3 is 2.45 bits per heavy atom. The summed E-state index contributed by atoms with van der Waals surface area (Å²) in [4.78, 5) is 12.9. The number of carbonyl (C=O) groups is 1. The van der Waals surface area contributed by atoms with Gasteiger partial charge in [0.05, 0.1) is 10.9 Å². The third-order valence-electron chi connectivity index (χ3n) is 6.89. The van der Waals surface area contributed by atoms with Crippen molar-refractivity contribution in [3.63, 3.8) is 0 Å². The maximum atomic E-state index is 13.2. The number of alkyl halides is 5. The highest BCUT2D eigenvalue weighted by atomic mass is 32.2. The lowest BCUT2D eigenvalue weighted by atomic mass is 9.89. The molecule has 1 heterocycles. The second-order valence-electron chi connectivity index (χ2n) is 9.81. The molecule has 1 aromatic carbocycles. The fourth-order valence-corrected chi connectivity index (χ4v) is 6.04. The topological polar surface area (TPSA) is 90.3 Å². The molecule has 0 unspecified atom stereocenters. The van der Waals surface area contributed by atoms with Crippen LogP contribution in [0.4, 0.5) is 22.0 Å². The van der Waals surface area contributed by atoms with Crippen LogP contribution in [-0.2, 0) is 23.3 Å². The average molecular weight is 566 g/mol. The summed E-state index contributed by atoms with van der Waals surface area (Å²) in [5.74, 6) is -0.531. The minimum atomic E-state index is -4.30. The summed E-state index contributed by atoms with van der Waals surface area (Å²) in [6.07, 6.45) is -1.77. The van der Waals surface area contributed by atoms with Crippen molar-refractivity contribution in [3.8, 4) is 17.0 Å². The highest BCUT2D eigenvalue weighted by Gasteiger charge is 2.29. The van der Waals surface area contributed by atoms with E-state index in [1.54, 1.807) is 20.0 Å². The number of hydrogen-bond donors (Lipinski definition) is 1. The third kappa shape index (κ3) is 7.90. The number of rotatable bonds is 10. The zero-order valence-corrected chi connectivity index (χ0v) is 22.3. The summed E-state index contributed by atoms with van der Waals surface area (Å²) in [7, 11) is -1.53. The van der Waals surface area contributed by atoms with Crippen molar-refractivity contribution in [2.75, 3.05) is 12.8 Å². The van der Waals surface area contributed by atoms with Crippen LogP contribution in [0.3, 0.4) is 0 Å². The Labute approximate surface area is 218 Å². The fourth-order valence-electron chi connectivity index (χ4n) is 4.91. The monoisotopic (exact) mass is 565 g/mol. The molecular formula is C25H32F5N3O4S. The lowest BCUT2D eigenvalue weighted by Gasteiger charge is -2.27. The Kier molecular flexibility index (Phi) is 9.43. The highest BCUT2D eigenvalue weighted by molar-refractivity contribution is 7.91. The number of amides is 1. The molecule has 1 aliphatic rings. The minimum Gasteiger partial charge on any atom is -0.434 e. The number of halogens is 5. The molecule has 38 heavy (non-hydrogen) atoms. The molecule has 7 nitrogen and oxygen atoms in total. The standard InChI is InChI=1S/C25H32F5N3O4S/c1-15-21(23(34)31-14-17-6-9-18(10-7-17)38(3,35)36)32-33(2)22(15)19-11-8-16(5-4-12-25(28,29)30)13-20(19)37-24(26)27/h8,11,13,17-18,24H,4-7,9-10,12,14H2,1-3H3,(H,31,34). The van der Waals surface area contributed by atoms with Crippen molar-refractivity contribution >= 4 is 15.7 Å². The van der Waals surface area contributed by atoms with E-state index in [4.69, 9.17) is 0 Å². The van der Waals surface area contributed by atoms with Gasteiger partial charge in [0.15, 0.2) is 5.69 Å². The number of aryl methyl sites for hydroxylation is 2. The average Bonchev–Trinajstić information content (AvgIpc) is 3.10. The Morgan fingerprint density at radius 1 is 1.21 bits per heavy atom. The van der Waals surface area contributed by atoms with Gasteiger partial charge in [-0.2, -0.15) is 27.1 Å². The molecule has 212 valence electrons. The fraction of sp³-hybridized carbons (Fsp3) is 0.600. The molecule has 1 fully saturated rings. The van der Waals surface area contributed by atoms with Crippen molar-refractivity contribution in [2.45, 2.75) is 69.9 Å². The first kappa shape index (κ1) is 29.9. The van der Waals surface area contributed by atoms with Crippen LogP contribution in [0.1, 0.15) is 60.1 Å². The summed E-state index contributed by atoms with van der Waals surface area (Å²) >= 11 is 0. The van der Waals surface area contributed by atoms with E-state index in [2.05, 4.69) is 15.2 Å². The summed E-state index contributed by atoms with van der Waals surface area (Å²) in [6.45, 7) is -1.18. The number of nitrogens with one attached hydrogen (secondary N) is 1. The molecule has 1 aromatic heterocycles. The first-order valence-corrected chi connectivity index (χ1v) is 14.3. The zero-order valence-electron chi connectivity index (χ0n) is 21.4. The maximum Gasteiger partial charge on any atom is 0.389 e. The van der Waals surface area contributed by atoms with Crippen LogP contribution in [0.5, 0.6) is 5.75 Å². The van der Waals surface area contributed by atoms with Gasteiger partial charge < -0.3 is 10.1 Å². The summed E-state index contributed by atoms with van der Waals surface area (Å²) < 4.78 is 93.3.